The van der Waals surface area contributed by atoms with Gasteiger partial charge < -0.3 is 24.9 Å². The number of aliphatic hydroxyl groups excluding tert-OH is 1. The summed E-state index contributed by atoms with van der Waals surface area (Å²) in [6, 6.07) is 17.4. The maximum atomic E-state index is 13.3. The highest BCUT2D eigenvalue weighted by atomic mass is 19.4. The molecule has 1 amide bonds. The molecule has 0 fully saturated rings. The zero-order chi connectivity index (χ0) is 25.7. The molecule has 6 nitrogen and oxygen atoms in total. The molecule has 0 aliphatic rings. The van der Waals surface area contributed by atoms with Crippen molar-refractivity contribution in [3.8, 4) is 22.6 Å². The van der Waals surface area contributed by atoms with Gasteiger partial charge in [-0.25, -0.2) is 0 Å². The predicted molar refractivity (Wildman–Crippen MR) is 130 cm³/mol. The van der Waals surface area contributed by atoms with E-state index in [1.807, 2.05) is 30.5 Å². The molecule has 0 spiro atoms. The standard InChI is InChI=1S/C27H25F3N2O4/c1-2-35-24-12-11-17(21-8-4-6-10-25(21)36-27(28,29)30)14-22(24)26(34)32-19(16-33)13-18-15-31-23-9-5-3-7-20(18)23/h3-12,14-15,19,31,33H,2,13,16H2,1H3,(H,32,34). The average molecular weight is 499 g/mol. The van der Waals surface area contributed by atoms with Gasteiger partial charge in [0.15, 0.2) is 0 Å². The molecule has 188 valence electrons. The number of benzene rings is 3. The van der Waals surface area contributed by atoms with E-state index in [1.54, 1.807) is 19.1 Å². The smallest absolute Gasteiger partial charge is 0.493 e. The Kier molecular flexibility index (Phi) is 7.49. The second kappa shape index (κ2) is 10.7. The fourth-order valence-electron chi connectivity index (χ4n) is 4.07. The summed E-state index contributed by atoms with van der Waals surface area (Å²) in [5.41, 5.74) is 2.53. The fourth-order valence-corrected chi connectivity index (χ4v) is 4.07. The number of carbonyl (C=O) groups is 1. The quantitative estimate of drug-likeness (QED) is 0.286. The summed E-state index contributed by atoms with van der Waals surface area (Å²) in [6.45, 7) is 1.74. The Morgan fingerprint density at radius 3 is 2.56 bits per heavy atom. The molecule has 0 saturated heterocycles. The zero-order valence-corrected chi connectivity index (χ0v) is 19.4. The van der Waals surface area contributed by atoms with Crippen LogP contribution in [0.25, 0.3) is 22.0 Å². The van der Waals surface area contributed by atoms with Gasteiger partial charge in [-0.05, 0) is 48.7 Å². The van der Waals surface area contributed by atoms with Gasteiger partial charge in [-0.15, -0.1) is 13.2 Å². The molecule has 4 rings (SSSR count). The Morgan fingerprint density at radius 1 is 1.06 bits per heavy atom. The molecule has 0 aliphatic heterocycles. The number of rotatable bonds is 9. The highest BCUT2D eigenvalue weighted by Gasteiger charge is 2.32. The minimum absolute atomic E-state index is 0.133. The number of hydrogen-bond donors (Lipinski definition) is 3. The molecule has 1 unspecified atom stereocenters. The molecule has 0 aliphatic carbocycles. The van der Waals surface area contributed by atoms with Crippen molar-refractivity contribution in [2.45, 2.75) is 25.7 Å². The Bertz CT molecular complexity index is 1350. The van der Waals surface area contributed by atoms with Crippen molar-refractivity contribution in [2.75, 3.05) is 13.2 Å². The van der Waals surface area contributed by atoms with Crippen LogP contribution in [0.3, 0.4) is 0 Å². The first-order valence-electron chi connectivity index (χ1n) is 11.4. The number of aliphatic hydroxyl groups is 1. The first-order chi connectivity index (χ1) is 17.3. The summed E-state index contributed by atoms with van der Waals surface area (Å²) in [4.78, 5) is 16.4. The highest BCUT2D eigenvalue weighted by molar-refractivity contribution is 5.98. The van der Waals surface area contributed by atoms with Crippen LogP contribution in [0.15, 0.2) is 72.9 Å². The van der Waals surface area contributed by atoms with E-state index >= 15 is 0 Å². The summed E-state index contributed by atoms with van der Waals surface area (Å²) in [5, 5.41) is 13.8. The van der Waals surface area contributed by atoms with Crippen LogP contribution < -0.4 is 14.8 Å². The second-order valence-corrected chi connectivity index (χ2v) is 8.10. The number of amides is 1. The van der Waals surface area contributed by atoms with Gasteiger partial charge in [0.25, 0.3) is 5.91 Å². The van der Waals surface area contributed by atoms with Crippen molar-refractivity contribution >= 4 is 16.8 Å². The van der Waals surface area contributed by atoms with E-state index in [9.17, 15) is 23.1 Å². The van der Waals surface area contributed by atoms with Gasteiger partial charge in [0.1, 0.15) is 11.5 Å². The molecule has 0 radical (unpaired) electrons. The highest BCUT2D eigenvalue weighted by Crippen LogP contribution is 2.35. The van der Waals surface area contributed by atoms with Gasteiger partial charge >= 0.3 is 6.36 Å². The number of H-pyrrole nitrogens is 1. The number of alkyl halides is 3. The molecule has 0 bridgehead atoms. The van der Waals surface area contributed by atoms with Gasteiger partial charge in [-0.2, -0.15) is 0 Å². The van der Waals surface area contributed by atoms with Gasteiger partial charge in [0, 0.05) is 22.7 Å². The first-order valence-corrected chi connectivity index (χ1v) is 11.4. The van der Waals surface area contributed by atoms with Crippen LogP contribution in [0.1, 0.15) is 22.8 Å². The maximum Gasteiger partial charge on any atom is 0.573 e. The molecular weight excluding hydrogens is 473 g/mol. The molecule has 0 saturated carbocycles. The molecule has 3 aromatic carbocycles. The van der Waals surface area contributed by atoms with Crippen molar-refractivity contribution in [1.82, 2.24) is 10.3 Å². The zero-order valence-electron chi connectivity index (χ0n) is 19.4. The van der Waals surface area contributed by atoms with Gasteiger partial charge in [0.05, 0.1) is 24.8 Å². The third-order valence-corrected chi connectivity index (χ3v) is 5.64. The van der Waals surface area contributed by atoms with Gasteiger partial charge in [0.2, 0.25) is 0 Å². The lowest BCUT2D eigenvalue weighted by Crippen LogP contribution is -2.39. The molecular formula is C27H25F3N2O4. The van der Waals surface area contributed by atoms with Crippen LogP contribution in [-0.2, 0) is 6.42 Å². The monoisotopic (exact) mass is 498 g/mol. The third kappa shape index (κ3) is 5.80. The molecule has 3 N–H and O–H groups in total. The topological polar surface area (TPSA) is 83.6 Å². The van der Waals surface area contributed by atoms with E-state index in [1.165, 1.54) is 30.3 Å². The summed E-state index contributed by atoms with van der Waals surface area (Å²) in [7, 11) is 0. The van der Waals surface area contributed by atoms with Crippen molar-refractivity contribution in [1.29, 1.82) is 0 Å². The minimum atomic E-state index is -4.86. The Morgan fingerprint density at radius 2 is 1.81 bits per heavy atom. The van der Waals surface area contributed by atoms with Crippen LogP contribution in [0.4, 0.5) is 13.2 Å². The van der Waals surface area contributed by atoms with E-state index in [4.69, 9.17) is 4.74 Å². The number of aromatic amines is 1. The third-order valence-electron chi connectivity index (χ3n) is 5.64. The average Bonchev–Trinajstić information content (AvgIpc) is 3.26. The second-order valence-electron chi connectivity index (χ2n) is 8.10. The number of nitrogens with one attached hydrogen (secondary N) is 2. The normalized spacial score (nSPS) is 12.4. The lowest BCUT2D eigenvalue weighted by molar-refractivity contribution is -0.274. The first kappa shape index (κ1) is 25.1. The van der Waals surface area contributed by atoms with E-state index in [0.717, 1.165) is 16.5 Å². The summed E-state index contributed by atoms with van der Waals surface area (Å²) in [6.07, 6.45) is -2.65. The molecule has 4 aromatic rings. The number of halogens is 3. The molecule has 1 aromatic heterocycles. The summed E-state index contributed by atoms with van der Waals surface area (Å²) < 4.78 is 48.5. The molecule has 36 heavy (non-hydrogen) atoms. The largest absolute Gasteiger partial charge is 0.573 e. The summed E-state index contributed by atoms with van der Waals surface area (Å²) in [5.74, 6) is -0.627. The predicted octanol–water partition coefficient (Wildman–Crippen LogP) is 5.47. The van der Waals surface area contributed by atoms with Crippen molar-refractivity contribution < 1.29 is 32.5 Å². The lowest BCUT2D eigenvalue weighted by Gasteiger charge is -2.19. The van der Waals surface area contributed by atoms with E-state index in [2.05, 4.69) is 15.0 Å². The maximum absolute atomic E-state index is 13.3. The van der Waals surface area contributed by atoms with Gasteiger partial charge in [-0.3, -0.25) is 4.79 Å². The SMILES string of the molecule is CCOc1ccc(-c2ccccc2OC(F)(F)F)cc1C(=O)NC(CO)Cc1c[nH]c2ccccc12. The van der Waals surface area contributed by atoms with Crippen LogP contribution in [0.5, 0.6) is 11.5 Å². The molecule has 1 heterocycles. The number of ether oxygens (including phenoxy) is 2. The van der Waals surface area contributed by atoms with Crippen LogP contribution in [0, 0.1) is 0 Å². The van der Waals surface area contributed by atoms with Crippen molar-refractivity contribution in [3.63, 3.8) is 0 Å². The van der Waals surface area contributed by atoms with Gasteiger partial charge in [-0.1, -0.05) is 42.5 Å². The van der Waals surface area contributed by atoms with Crippen molar-refractivity contribution in [3.05, 3.63) is 84.1 Å². The minimum Gasteiger partial charge on any atom is -0.493 e. The Labute approximate surface area is 205 Å². The Hall–Kier alpha value is -3.98. The molecule has 1 atom stereocenters. The Balaban J connectivity index is 1.62. The summed E-state index contributed by atoms with van der Waals surface area (Å²) >= 11 is 0. The van der Waals surface area contributed by atoms with Crippen LogP contribution >= 0.6 is 0 Å². The van der Waals surface area contributed by atoms with Crippen molar-refractivity contribution in [2.24, 2.45) is 0 Å². The fraction of sp³-hybridized carbons (Fsp3) is 0.222. The van der Waals surface area contributed by atoms with E-state index in [-0.39, 0.29) is 35.8 Å². The number of hydrogen-bond acceptors (Lipinski definition) is 4. The lowest BCUT2D eigenvalue weighted by atomic mass is 10.0. The number of para-hydroxylation sites is 2. The number of aromatic nitrogens is 1. The number of fused-ring (bicyclic) bond motifs is 1. The molecule has 9 heteroatoms. The van der Waals surface area contributed by atoms with E-state index < -0.39 is 18.3 Å². The van der Waals surface area contributed by atoms with Crippen LogP contribution in [0.2, 0.25) is 0 Å². The van der Waals surface area contributed by atoms with E-state index in [0.29, 0.717) is 12.0 Å². The number of carbonyl (C=O) groups excluding carboxylic acids is 1. The van der Waals surface area contributed by atoms with Crippen LogP contribution in [-0.4, -0.2) is 41.6 Å².